The number of benzene rings is 1. The Labute approximate surface area is 194 Å². The van der Waals surface area contributed by atoms with Crippen LogP contribution in [0.15, 0.2) is 33.9 Å². The molecule has 0 aliphatic carbocycles. The number of aromatic amines is 1. The molecule has 0 radical (unpaired) electrons. The fraction of sp³-hybridized carbons (Fsp3) is 0.391. The maximum absolute atomic E-state index is 12.6. The number of unbranched alkanes of at least 4 members (excludes halogenated alkanes) is 1. The molecule has 34 heavy (non-hydrogen) atoms. The molecule has 0 atom stereocenters. The minimum absolute atomic E-state index is 0.177. The molecule has 1 fully saturated rings. The summed E-state index contributed by atoms with van der Waals surface area (Å²) >= 11 is 0. The maximum atomic E-state index is 12.6. The molecule has 2 amide bonds. The second kappa shape index (κ2) is 9.46. The van der Waals surface area contributed by atoms with E-state index in [1.54, 1.807) is 4.57 Å². The van der Waals surface area contributed by atoms with Crippen molar-refractivity contribution >= 4 is 34.6 Å². The molecule has 3 aromatic rings. The Morgan fingerprint density at radius 3 is 2.32 bits per heavy atom. The van der Waals surface area contributed by atoms with Crippen LogP contribution in [0.1, 0.15) is 55.7 Å². The number of H-pyrrole nitrogens is 1. The molecule has 1 saturated heterocycles. The number of rotatable bonds is 8. The predicted octanol–water partition coefficient (Wildman–Crippen LogP) is 1.72. The van der Waals surface area contributed by atoms with Crippen molar-refractivity contribution in [1.29, 1.82) is 0 Å². The number of imidazole rings is 1. The van der Waals surface area contributed by atoms with Gasteiger partial charge in [0.1, 0.15) is 12.4 Å². The van der Waals surface area contributed by atoms with E-state index in [2.05, 4.69) is 9.97 Å². The van der Waals surface area contributed by atoms with Crippen LogP contribution in [-0.4, -0.2) is 36.9 Å². The number of aryl methyl sites for hydroxylation is 2. The molecule has 1 aliphatic rings. The van der Waals surface area contributed by atoms with Crippen LogP contribution >= 0.6 is 0 Å². The molecule has 0 saturated carbocycles. The Morgan fingerprint density at radius 1 is 1.03 bits per heavy atom. The topological polar surface area (TPSA) is 136 Å². The summed E-state index contributed by atoms with van der Waals surface area (Å²) < 4.78 is 8.47. The van der Waals surface area contributed by atoms with Gasteiger partial charge in [-0.3, -0.25) is 28.8 Å². The van der Waals surface area contributed by atoms with Crippen molar-refractivity contribution in [3.63, 3.8) is 0 Å². The summed E-state index contributed by atoms with van der Waals surface area (Å²) in [5.41, 5.74) is 0.0975. The second-order valence-electron chi connectivity index (χ2n) is 7.95. The predicted molar refractivity (Wildman–Crippen MR) is 122 cm³/mol. The number of hydrogen-bond donors (Lipinski definition) is 1. The first-order chi connectivity index (χ1) is 16.3. The van der Waals surface area contributed by atoms with Gasteiger partial charge in [-0.1, -0.05) is 13.3 Å². The maximum Gasteiger partial charge on any atom is 0.338 e. The van der Waals surface area contributed by atoms with E-state index in [9.17, 15) is 24.0 Å². The van der Waals surface area contributed by atoms with Gasteiger partial charge in [-0.05, 0) is 37.6 Å². The second-order valence-corrected chi connectivity index (χ2v) is 7.95. The molecule has 1 N–H and O–H groups in total. The third kappa shape index (κ3) is 4.16. The summed E-state index contributed by atoms with van der Waals surface area (Å²) in [6.45, 7) is 4.43. The highest BCUT2D eigenvalue weighted by atomic mass is 16.5. The Bertz CT molecular complexity index is 1370. The van der Waals surface area contributed by atoms with Crippen molar-refractivity contribution in [1.82, 2.24) is 19.1 Å². The van der Waals surface area contributed by atoms with Gasteiger partial charge in [0.2, 0.25) is 11.8 Å². The summed E-state index contributed by atoms with van der Waals surface area (Å²) in [6.07, 6.45) is 1.96. The smallest absolute Gasteiger partial charge is 0.338 e. The van der Waals surface area contributed by atoms with Crippen LogP contribution < -0.4 is 16.1 Å². The number of nitrogens with one attached hydrogen (secondary N) is 1. The molecule has 0 bridgehead atoms. The first-order valence-corrected chi connectivity index (χ1v) is 11.2. The van der Waals surface area contributed by atoms with E-state index in [1.807, 2.05) is 13.8 Å². The van der Waals surface area contributed by atoms with Crippen LogP contribution in [0.4, 0.5) is 5.69 Å². The standard InChI is InChI=1S/C23H25N5O6/c1-3-5-12-27-20-19(21(31)25-23(27)33)26(4-2)16(24-20)13-34-22(32)14-6-8-15(9-7-14)28-17(29)10-11-18(28)30/h6-9H,3-5,10-13H2,1-2H3,(H,25,31,33). The lowest BCUT2D eigenvalue weighted by Crippen LogP contribution is -2.31. The largest absolute Gasteiger partial charge is 0.454 e. The van der Waals surface area contributed by atoms with Gasteiger partial charge in [-0.2, -0.15) is 0 Å². The molecule has 3 heterocycles. The molecule has 4 rings (SSSR count). The highest BCUT2D eigenvalue weighted by Crippen LogP contribution is 2.23. The third-order valence-electron chi connectivity index (χ3n) is 5.76. The zero-order valence-corrected chi connectivity index (χ0v) is 19.0. The molecule has 1 aromatic carbocycles. The van der Waals surface area contributed by atoms with Crippen molar-refractivity contribution in [3.05, 3.63) is 56.5 Å². The number of carbonyl (C=O) groups is 3. The van der Waals surface area contributed by atoms with Gasteiger partial charge in [-0.25, -0.2) is 14.6 Å². The minimum atomic E-state index is -0.627. The summed E-state index contributed by atoms with van der Waals surface area (Å²) in [6, 6.07) is 5.99. The van der Waals surface area contributed by atoms with E-state index < -0.39 is 17.2 Å². The van der Waals surface area contributed by atoms with Gasteiger partial charge in [0.25, 0.3) is 5.56 Å². The number of hydrogen-bond acceptors (Lipinski definition) is 7. The third-order valence-corrected chi connectivity index (χ3v) is 5.76. The van der Waals surface area contributed by atoms with Gasteiger partial charge >= 0.3 is 11.7 Å². The summed E-state index contributed by atoms with van der Waals surface area (Å²) in [7, 11) is 0. The number of esters is 1. The van der Waals surface area contributed by atoms with Gasteiger partial charge < -0.3 is 9.30 Å². The Kier molecular flexibility index (Phi) is 6.44. The van der Waals surface area contributed by atoms with Gasteiger partial charge in [0, 0.05) is 25.9 Å². The Balaban J connectivity index is 1.56. The molecule has 11 nitrogen and oxygen atoms in total. The van der Waals surface area contributed by atoms with Crippen molar-refractivity contribution in [2.75, 3.05) is 4.90 Å². The quantitative estimate of drug-likeness (QED) is 0.393. The lowest BCUT2D eigenvalue weighted by Gasteiger charge is -2.14. The van der Waals surface area contributed by atoms with Gasteiger partial charge in [-0.15, -0.1) is 0 Å². The number of fused-ring (bicyclic) bond motifs is 1. The van der Waals surface area contributed by atoms with Crippen LogP contribution in [-0.2, 0) is 34.0 Å². The van der Waals surface area contributed by atoms with Gasteiger partial charge in [0.05, 0.1) is 11.3 Å². The van der Waals surface area contributed by atoms with Crippen LogP contribution in [0, 0.1) is 0 Å². The van der Waals surface area contributed by atoms with E-state index in [0.29, 0.717) is 24.6 Å². The highest BCUT2D eigenvalue weighted by Gasteiger charge is 2.30. The lowest BCUT2D eigenvalue weighted by molar-refractivity contribution is -0.121. The number of imide groups is 1. The molecule has 11 heteroatoms. The first kappa shape index (κ1) is 23.1. The van der Waals surface area contributed by atoms with Crippen molar-refractivity contribution in [2.45, 2.75) is 59.2 Å². The minimum Gasteiger partial charge on any atom is -0.454 e. The van der Waals surface area contributed by atoms with E-state index in [0.717, 1.165) is 17.7 Å². The fourth-order valence-electron chi connectivity index (χ4n) is 4.02. The summed E-state index contributed by atoms with van der Waals surface area (Å²) in [4.78, 5) is 69.0. The van der Waals surface area contributed by atoms with Crippen molar-refractivity contribution in [2.24, 2.45) is 0 Å². The zero-order chi connectivity index (χ0) is 24.4. The molecular weight excluding hydrogens is 442 g/mol. The monoisotopic (exact) mass is 467 g/mol. The molecule has 178 valence electrons. The molecular formula is C23H25N5O6. The summed E-state index contributed by atoms with van der Waals surface area (Å²) in [5.74, 6) is -0.827. The first-order valence-electron chi connectivity index (χ1n) is 11.2. The van der Waals surface area contributed by atoms with Crippen LogP contribution in [0.25, 0.3) is 11.2 Å². The molecule has 0 spiro atoms. The number of amides is 2. The fourth-order valence-corrected chi connectivity index (χ4v) is 4.02. The highest BCUT2D eigenvalue weighted by molar-refractivity contribution is 6.19. The van der Waals surface area contributed by atoms with Crippen LogP contribution in [0.5, 0.6) is 0 Å². The zero-order valence-electron chi connectivity index (χ0n) is 19.0. The van der Waals surface area contributed by atoms with E-state index >= 15 is 0 Å². The van der Waals surface area contributed by atoms with E-state index in [-0.39, 0.29) is 48.0 Å². The molecule has 0 unspecified atom stereocenters. The van der Waals surface area contributed by atoms with Crippen molar-refractivity contribution in [3.8, 4) is 0 Å². The van der Waals surface area contributed by atoms with E-state index in [4.69, 9.17) is 4.74 Å². The SMILES string of the molecule is CCCCn1c(=O)[nH]c(=O)c2c1nc(COC(=O)c1ccc(N3C(=O)CCC3=O)cc1)n2CC. The van der Waals surface area contributed by atoms with Gasteiger partial charge in [0.15, 0.2) is 11.2 Å². The number of nitrogens with zero attached hydrogens (tertiary/aromatic N) is 4. The Hall–Kier alpha value is -4.02. The average molecular weight is 467 g/mol. The number of aromatic nitrogens is 4. The molecule has 2 aromatic heterocycles. The number of carbonyl (C=O) groups excluding carboxylic acids is 3. The van der Waals surface area contributed by atoms with Crippen molar-refractivity contribution < 1.29 is 19.1 Å². The Morgan fingerprint density at radius 2 is 1.71 bits per heavy atom. The summed E-state index contributed by atoms with van der Waals surface area (Å²) in [5, 5.41) is 0. The van der Waals surface area contributed by atoms with Crippen LogP contribution in [0.2, 0.25) is 0 Å². The number of anilines is 1. The van der Waals surface area contributed by atoms with E-state index in [1.165, 1.54) is 28.8 Å². The normalized spacial score (nSPS) is 13.8. The average Bonchev–Trinajstić information content (AvgIpc) is 3.36. The number of ether oxygens (including phenoxy) is 1. The van der Waals surface area contributed by atoms with Crippen LogP contribution in [0.3, 0.4) is 0 Å². The molecule has 1 aliphatic heterocycles. The lowest BCUT2D eigenvalue weighted by atomic mass is 10.2.